The summed E-state index contributed by atoms with van der Waals surface area (Å²) in [5.74, 6) is -1.89. The number of nitrogens with zero attached hydrogens (tertiary/aromatic N) is 1. The number of furan rings is 1. The summed E-state index contributed by atoms with van der Waals surface area (Å²) in [4.78, 5) is 26.0. The van der Waals surface area contributed by atoms with Crippen LogP contribution in [0.2, 0.25) is 0 Å². The molecule has 132 valence electrons. The minimum absolute atomic E-state index is 0.219. The molecule has 25 heavy (non-hydrogen) atoms. The molecule has 8 heteroatoms. The number of hydrogen-bond donors (Lipinski definition) is 2. The molecule has 1 aromatic heterocycles. The molecule has 0 radical (unpaired) electrons. The molecule has 1 aliphatic rings. The quantitative estimate of drug-likeness (QED) is 0.891. The predicted molar refractivity (Wildman–Crippen MR) is 85.7 cm³/mol. The fraction of sp³-hybridized carbons (Fsp3) is 0.294. The molecule has 1 aromatic carbocycles. The Morgan fingerprint density at radius 3 is 2.84 bits per heavy atom. The molecule has 1 saturated heterocycles. The Kier molecular flexibility index (Phi) is 4.97. The second-order valence-corrected chi connectivity index (χ2v) is 5.68. The van der Waals surface area contributed by atoms with Gasteiger partial charge in [-0.15, -0.1) is 0 Å². The summed E-state index contributed by atoms with van der Waals surface area (Å²) in [6, 6.07) is 5.67. The van der Waals surface area contributed by atoms with Gasteiger partial charge >= 0.3 is 6.03 Å². The lowest BCUT2D eigenvalue weighted by molar-refractivity contribution is -0.124. The largest absolute Gasteiger partial charge is 0.467 e. The van der Waals surface area contributed by atoms with Gasteiger partial charge in [-0.1, -0.05) is 6.07 Å². The van der Waals surface area contributed by atoms with Gasteiger partial charge in [-0.25, -0.2) is 13.6 Å². The maximum atomic E-state index is 13.7. The van der Waals surface area contributed by atoms with Crippen molar-refractivity contribution < 1.29 is 22.8 Å². The zero-order valence-corrected chi connectivity index (χ0v) is 13.3. The standard InChI is InChI=1S/C17H17F2N3O3/c18-12-5-1-6-13(15(12)19)21-17(24)22-8-2-7-14(22)16(23)20-10-11-4-3-9-25-11/h1,3-6,9,14H,2,7-8,10H2,(H,20,23)(H,21,24)/t14-/m0/s1. The average molecular weight is 349 g/mol. The van der Waals surface area contributed by atoms with Crippen LogP contribution in [0.25, 0.3) is 0 Å². The summed E-state index contributed by atoms with van der Waals surface area (Å²) in [7, 11) is 0. The zero-order chi connectivity index (χ0) is 17.8. The van der Waals surface area contributed by atoms with Gasteiger partial charge in [0, 0.05) is 6.54 Å². The molecule has 3 amide bonds. The third-order valence-corrected chi connectivity index (χ3v) is 4.03. The molecule has 6 nitrogen and oxygen atoms in total. The number of halogens is 2. The second kappa shape index (κ2) is 7.33. The minimum Gasteiger partial charge on any atom is -0.467 e. The van der Waals surface area contributed by atoms with E-state index in [1.807, 2.05) is 0 Å². The molecule has 0 spiro atoms. The Hall–Kier alpha value is -2.90. The highest BCUT2D eigenvalue weighted by Gasteiger charge is 2.34. The van der Waals surface area contributed by atoms with E-state index < -0.39 is 23.7 Å². The molecule has 1 aliphatic heterocycles. The first-order valence-corrected chi connectivity index (χ1v) is 7.88. The van der Waals surface area contributed by atoms with Gasteiger partial charge in [-0.2, -0.15) is 0 Å². The van der Waals surface area contributed by atoms with E-state index in [1.54, 1.807) is 12.1 Å². The third-order valence-electron chi connectivity index (χ3n) is 4.03. The van der Waals surface area contributed by atoms with Crippen molar-refractivity contribution in [3.05, 3.63) is 54.0 Å². The Morgan fingerprint density at radius 1 is 1.24 bits per heavy atom. The molecule has 1 fully saturated rings. The van der Waals surface area contributed by atoms with Crippen molar-refractivity contribution in [3.8, 4) is 0 Å². The molecule has 2 aromatic rings. The Bertz CT molecular complexity index is 765. The summed E-state index contributed by atoms with van der Waals surface area (Å²) in [5.41, 5.74) is -0.258. The fourth-order valence-electron chi connectivity index (χ4n) is 2.77. The van der Waals surface area contributed by atoms with E-state index in [4.69, 9.17) is 4.42 Å². The van der Waals surface area contributed by atoms with Crippen LogP contribution in [0.4, 0.5) is 19.3 Å². The van der Waals surface area contributed by atoms with Crippen molar-refractivity contribution in [1.82, 2.24) is 10.2 Å². The summed E-state index contributed by atoms with van der Waals surface area (Å²) in [5, 5.41) is 5.03. The van der Waals surface area contributed by atoms with Crippen LogP contribution in [0.1, 0.15) is 18.6 Å². The molecule has 2 heterocycles. The van der Waals surface area contributed by atoms with Crippen LogP contribution in [0, 0.1) is 11.6 Å². The van der Waals surface area contributed by atoms with Crippen molar-refractivity contribution in [2.75, 3.05) is 11.9 Å². The monoisotopic (exact) mass is 349 g/mol. The van der Waals surface area contributed by atoms with Gasteiger partial charge in [0.05, 0.1) is 18.5 Å². The number of urea groups is 1. The molecule has 1 atom stereocenters. The van der Waals surface area contributed by atoms with E-state index in [0.29, 0.717) is 25.1 Å². The lowest BCUT2D eigenvalue weighted by atomic mass is 10.2. The molecule has 2 N–H and O–H groups in total. The van der Waals surface area contributed by atoms with Gasteiger partial charge < -0.3 is 20.0 Å². The number of amides is 3. The zero-order valence-electron chi connectivity index (χ0n) is 13.3. The van der Waals surface area contributed by atoms with Crippen LogP contribution >= 0.6 is 0 Å². The van der Waals surface area contributed by atoms with E-state index >= 15 is 0 Å². The number of likely N-dealkylation sites (tertiary alicyclic amines) is 1. The van der Waals surface area contributed by atoms with Gasteiger partial charge in [0.2, 0.25) is 5.91 Å². The van der Waals surface area contributed by atoms with E-state index in [0.717, 1.165) is 6.07 Å². The Labute approximate surface area is 142 Å². The summed E-state index contributed by atoms with van der Waals surface area (Å²) >= 11 is 0. The van der Waals surface area contributed by atoms with Gasteiger partial charge in [0.25, 0.3) is 0 Å². The van der Waals surface area contributed by atoms with Gasteiger partial charge in [0.1, 0.15) is 11.8 Å². The highest BCUT2D eigenvalue weighted by Crippen LogP contribution is 2.21. The lowest BCUT2D eigenvalue weighted by Crippen LogP contribution is -2.47. The SMILES string of the molecule is O=C(NCc1ccco1)[C@@H]1CCCN1C(=O)Nc1cccc(F)c1F. The Morgan fingerprint density at radius 2 is 2.08 bits per heavy atom. The fourth-order valence-corrected chi connectivity index (χ4v) is 2.77. The average Bonchev–Trinajstić information content (AvgIpc) is 3.28. The molecule has 0 bridgehead atoms. The van der Waals surface area contributed by atoms with Gasteiger partial charge in [-0.05, 0) is 37.1 Å². The maximum Gasteiger partial charge on any atom is 0.322 e. The number of carbonyl (C=O) groups excluding carboxylic acids is 2. The van der Waals surface area contributed by atoms with Crippen molar-refractivity contribution in [3.63, 3.8) is 0 Å². The van der Waals surface area contributed by atoms with Crippen LogP contribution in [-0.4, -0.2) is 29.4 Å². The molecular formula is C17H17F2N3O3. The molecular weight excluding hydrogens is 332 g/mol. The van der Waals surface area contributed by atoms with Crippen LogP contribution in [0.3, 0.4) is 0 Å². The highest BCUT2D eigenvalue weighted by molar-refractivity contribution is 5.94. The minimum atomic E-state index is -1.13. The summed E-state index contributed by atoms with van der Waals surface area (Å²) in [6.07, 6.45) is 2.66. The molecule has 0 unspecified atom stereocenters. The first-order chi connectivity index (χ1) is 12.1. The van der Waals surface area contributed by atoms with E-state index in [9.17, 15) is 18.4 Å². The van der Waals surface area contributed by atoms with Crippen LogP contribution in [-0.2, 0) is 11.3 Å². The second-order valence-electron chi connectivity index (χ2n) is 5.68. The topological polar surface area (TPSA) is 74.6 Å². The predicted octanol–water partition coefficient (Wildman–Crippen LogP) is 2.87. The van der Waals surface area contributed by atoms with E-state index in [1.165, 1.54) is 23.3 Å². The number of rotatable bonds is 4. The van der Waals surface area contributed by atoms with Crippen LogP contribution in [0.5, 0.6) is 0 Å². The van der Waals surface area contributed by atoms with Gasteiger partial charge in [-0.3, -0.25) is 4.79 Å². The van der Waals surface area contributed by atoms with E-state index in [-0.39, 0.29) is 18.1 Å². The number of nitrogens with one attached hydrogen (secondary N) is 2. The smallest absolute Gasteiger partial charge is 0.322 e. The molecule has 0 aliphatic carbocycles. The van der Waals surface area contributed by atoms with Crippen LogP contribution < -0.4 is 10.6 Å². The number of anilines is 1. The molecule has 3 rings (SSSR count). The van der Waals surface area contributed by atoms with Crippen molar-refractivity contribution in [2.24, 2.45) is 0 Å². The summed E-state index contributed by atoms with van der Waals surface area (Å²) < 4.78 is 32.1. The number of hydrogen-bond acceptors (Lipinski definition) is 3. The lowest BCUT2D eigenvalue weighted by Gasteiger charge is -2.24. The number of benzene rings is 1. The summed E-state index contributed by atoms with van der Waals surface area (Å²) in [6.45, 7) is 0.581. The molecule has 0 saturated carbocycles. The van der Waals surface area contributed by atoms with Gasteiger partial charge in [0.15, 0.2) is 11.6 Å². The number of carbonyl (C=O) groups is 2. The maximum absolute atomic E-state index is 13.7. The Balaban J connectivity index is 1.63. The van der Waals surface area contributed by atoms with Crippen molar-refractivity contribution in [1.29, 1.82) is 0 Å². The van der Waals surface area contributed by atoms with Crippen molar-refractivity contribution in [2.45, 2.75) is 25.4 Å². The van der Waals surface area contributed by atoms with Crippen molar-refractivity contribution >= 4 is 17.6 Å². The highest BCUT2D eigenvalue weighted by atomic mass is 19.2. The first kappa shape index (κ1) is 16.9. The third kappa shape index (κ3) is 3.78. The normalized spacial score (nSPS) is 16.7. The van der Waals surface area contributed by atoms with Crippen LogP contribution in [0.15, 0.2) is 41.0 Å². The van der Waals surface area contributed by atoms with E-state index in [2.05, 4.69) is 10.6 Å². The first-order valence-electron chi connectivity index (χ1n) is 7.88.